The maximum atomic E-state index is 13.8. The van der Waals surface area contributed by atoms with Gasteiger partial charge in [-0.05, 0) is 32.0 Å². The van der Waals surface area contributed by atoms with Crippen LogP contribution in [0.1, 0.15) is 18.9 Å². The largest absolute Gasteiger partial charge is 0.317 e. The third-order valence-corrected chi connectivity index (χ3v) is 3.22. The van der Waals surface area contributed by atoms with E-state index >= 15 is 0 Å². The van der Waals surface area contributed by atoms with Crippen molar-refractivity contribution >= 4 is 10.9 Å². The monoisotopic (exact) mass is 219 g/mol. The number of hydrogen-bond acceptors (Lipinski definition) is 2. The van der Waals surface area contributed by atoms with Crippen molar-refractivity contribution in [3.05, 3.63) is 30.2 Å². The number of nitrogens with one attached hydrogen (secondary N) is 1. The molecule has 3 rings (SSSR count). The molecule has 0 saturated carbocycles. The van der Waals surface area contributed by atoms with Crippen LogP contribution in [0.25, 0.3) is 10.9 Å². The van der Waals surface area contributed by atoms with E-state index in [1.807, 2.05) is 10.7 Å². The lowest BCUT2D eigenvalue weighted by Crippen LogP contribution is -2.29. The summed E-state index contributed by atoms with van der Waals surface area (Å²) in [6.07, 6.45) is 3.79. The molecule has 1 fully saturated rings. The summed E-state index contributed by atoms with van der Waals surface area (Å²) in [4.78, 5) is 0. The molecule has 0 spiro atoms. The Morgan fingerprint density at radius 3 is 2.94 bits per heavy atom. The van der Waals surface area contributed by atoms with Crippen LogP contribution in [-0.4, -0.2) is 22.9 Å². The maximum Gasteiger partial charge on any atom is 0.149 e. The number of para-hydroxylation sites is 1. The fourth-order valence-corrected chi connectivity index (χ4v) is 2.39. The molecule has 3 nitrogen and oxygen atoms in total. The van der Waals surface area contributed by atoms with Gasteiger partial charge in [0.25, 0.3) is 0 Å². The zero-order valence-electron chi connectivity index (χ0n) is 8.99. The molecule has 4 heteroatoms. The number of fused-ring (bicyclic) bond motifs is 1. The van der Waals surface area contributed by atoms with Gasteiger partial charge in [-0.15, -0.1) is 0 Å². The van der Waals surface area contributed by atoms with Crippen LogP contribution in [0, 0.1) is 5.82 Å². The number of hydrogen-bond donors (Lipinski definition) is 1. The van der Waals surface area contributed by atoms with Crippen LogP contribution in [0.2, 0.25) is 0 Å². The van der Waals surface area contributed by atoms with Gasteiger partial charge in [-0.3, -0.25) is 4.68 Å². The minimum Gasteiger partial charge on any atom is -0.317 e. The second-order valence-corrected chi connectivity index (χ2v) is 4.25. The number of nitrogens with zero attached hydrogens (tertiary/aromatic N) is 2. The molecule has 0 amide bonds. The van der Waals surface area contributed by atoms with Crippen molar-refractivity contribution in [2.75, 3.05) is 13.1 Å². The molecule has 84 valence electrons. The summed E-state index contributed by atoms with van der Waals surface area (Å²) in [5.74, 6) is -0.173. The summed E-state index contributed by atoms with van der Waals surface area (Å²) in [5, 5.41) is 8.52. The first-order chi connectivity index (χ1) is 7.86. The van der Waals surface area contributed by atoms with Gasteiger partial charge in [0, 0.05) is 5.39 Å². The molecule has 1 N–H and O–H groups in total. The molecule has 0 aliphatic carbocycles. The minimum absolute atomic E-state index is 0.173. The van der Waals surface area contributed by atoms with Crippen LogP contribution in [0.15, 0.2) is 24.4 Å². The zero-order chi connectivity index (χ0) is 11.0. The van der Waals surface area contributed by atoms with Gasteiger partial charge < -0.3 is 5.32 Å². The van der Waals surface area contributed by atoms with E-state index in [4.69, 9.17) is 0 Å². The Labute approximate surface area is 93.3 Å². The van der Waals surface area contributed by atoms with Crippen LogP contribution < -0.4 is 5.32 Å². The molecule has 0 unspecified atom stereocenters. The summed E-state index contributed by atoms with van der Waals surface area (Å²) in [6, 6.07) is 5.46. The molecule has 2 heterocycles. The summed E-state index contributed by atoms with van der Waals surface area (Å²) in [5.41, 5.74) is 0.648. The van der Waals surface area contributed by atoms with Crippen molar-refractivity contribution in [1.29, 1.82) is 0 Å². The van der Waals surface area contributed by atoms with Crippen molar-refractivity contribution in [3.8, 4) is 0 Å². The number of rotatable bonds is 1. The van der Waals surface area contributed by atoms with Gasteiger partial charge >= 0.3 is 0 Å². The average Bonchev–Trinajstić information content (AvgIpc) is 2.75. The van der Waals surface area contributed by atoms with Gasteiger partial charge in [-0.25, -0.2) is 4.39 Å². The van der Waals surface area contributed by atoms with E-state index in [1.165, 1.54) is 6.07 Å². The number of benzene rings is 1. The van der Waals surface area contributed by atoms with Gasteiger partial charge in [0.1, 0.15) is 11.3 Å². The molecule has 1 aliphatic heterocycles. The molecular weight excluding hydrogens is 205 g/mol. The van der Waals surface area contributed by atoms with Crippen LogP contribution in [0.4, 0.5) is 4.39 Å². The van der Waals surface area contributed by atoms with E-state index in [1.54, 1.807) is 12.3 Å². The SMILES string of the molecule is Fc1cccc2cnn(C3CCNCC3)c12. The lowest BCUT2D eigenvalue weighted by Gasteiger charge is -2.23. The van der Waals surface area contributed by atoms with E-state index < -0.39 is 0 Å². The maximum absolute atomic E-state index is 13.8. The Kier molecular flexibility index (Phi) is 2.36. The third kappa shape index (κ3) is 1.50. The molecular formula is C12H14FN3. The minimum atomic E-state index is -0.173. The highest BCUT2D eigenvalue weighted by Gasteiger charge is 2.18. The van der Waals surface area contributed by atoms with Gasteiger partial charge in [-0.2, -0.15) is 5.10 Å². The van der Waals surface area contributed by atoms with Crippen LogP contribution in [0.3, 0.4) is 0 Å². The number of aromatic nitrogens is 2. The Balaban J connectivity index is 2.09. The van der Waals surface area contributed by atoms with E-state index in [9.17, 15) is 4.39 Å². The quantitative estimate of drug-likeness (QED) is 0.796. The average molecular weight is 219 g/mol. The highest BCUT2D eigenvalue weighted by molar-refractivity contribution is 5.79. The molecule has 2 aromatic rings. The lowest BCUT2D eigenvalue weighted by molar-refractivity contribution is 0.349. The van der Waals surface area contributed by atoms with Gasteiger partial charge in [0.2, 0.25) is 0 Å². The summed E-state index contributed by atoms with van der Waals surface area (Å²) in [7, 11) is 0. The fourth-order valence-electron chi connectivity index (χ4n) is 2.39. The van der Waals surface area contributed by atoms with Crippen LogP contribution >= 0.6 is 0 Å². The van der Waals surface area contributed by atoms with Crippen molar-refractivity contribution in [3.63, 3.8) is 0 Å². The van der Waals surface area contributed by atoms with E-state index in [-0.39, 0.29) is 5.82 Å². The Bertz CT molecular complexity index is 500. The third-order valence-electron chi connectivity index (χ3n) is 3.22. The predicted octanol–water partition coefficient (Wildman–Crippen LogP) is 2.10. The van der Waals surface area contributed by atoms with Crippen LogP contribution in [-0.2, 0) is 0 Å². The zero-order valence-corrected chi connectivity index (χ0v) is 8.99. The standard InChI is InChI=1S/C12H14FN3/c13-11-3-1-2-9-8-15-16(12(9)11)10-4-6-14-7-5-10/h1-3,8,10,14H,4-7H2. The second kappa shape index (κ2) is 3.87. The van der Waals surface area contributed by atoms with Crippen molar-refractivity contribution in [1.82, 2.24) is 15.1 Å². The van der Waals surface area contributed by atoms with Gasteiger partial charge in [-0.1, -0.05) is 12.1 Å². The van der Waals surface area contributed by atoms with Gasteiger partial charge in [0.15, 0.2) is 0 Å². The summed E-state index contributed by atoms with van der Waals surface area (Å²) in [6.45, 7) is 1.97. The topological polar surface area (TPSA) is 29.9 Å². The smallest absolute Gasteiger partial charge is 0.149 e. The highest BCUT2D eigenvalue weighted by Crippen LogP contribution is 2.25. The molecule has 1 aromatic heterocycles. The summed E-state index contributed by atoms with van der Waals surface area (Å²) >= 11 is 0. The van der Waals surface area contributed by atoms with E-state index in [2.05, 4.69) is 10.4 Å². The molecule has 0 radical (unpaired) electrons. The molecule has 0 bridgehead atoms. The lowest BCUT2D eigenvalue weighted by atomic mass is 10.1. The summed E-state index contributed by atoms with van der Waals surface area (Å²) < 4.78 is 15.6. The molecule has 1 aromatic carbocycles. The highest BCUT2D eigenvalue weighted by atomic mass is 19.1. The first-order valence-electron chi connectivity index (χ1n) is 5.69. The Morgan fingerprint density at radius 1 is 1.31 bits per heavy atom. The first-order valence-corrected chi connectivity index (χ1v) is 5.69. The molecule has 1 aliphatic rings. The molecule has 1 saturated heterocycles. The first kappa shape index (κ1) is 9.78. The normalized spacial score (nSPS) is 18.1. The number of piperidine rings is 1. The van der Waals surface area contributed by atoms with E-state index in [0.717, 1.165) is 31.3 Å². The Morgan fingerprint density at radius 2 is 2.12 bits per heavy atom. The number of halogens is 1. The van der Waals surface area contributed by atoms with Crippen LogP contribution in [0.5, 0.6) is 0 Å². The fraction of sp³-hybridized carbons (Fsp3) is 0.417. The molecule has 0 atom stereocenters. The second-order valence-electron chi connectivity index (χ2n) is 4.25. The van der Waals surface area contributed by atoms with Crippen molar-refractivity contribution < 1.29 is 4.39 Å². The molecule has 16 heavy (non-hydrogen) atoms. The Hall–Kier alpha value is -1.42. The van der Waals surface area contributed by atoms with Crippen molar-refractivity contribution in [2.24, 2.45) is 0 Å². The van der Waals surface area contributed by atoms with Crippen molar-refractivity contribution in [2.45, 2.75) is 18.9 Å². The van der Waals surface area contributed by atoms with E-state index in [0.29, 0.717) is 11.6 Å². The predicted molar refractivity (Wildman–Crippen MR) is 60.8 cm³/mol. The van der Waals surface area contributed by atoms with Gasteiger partial charge in [0.05, 0.1) is 12.2 Å².